The van der Waals surface area contributed by atoms with Crippen molar-refractivity contribution in [1.29, 1.82) is 0 Å². The van der Waals surface area contributed by atoms with Gasteiger partial charge in [-0.25, -0.2) is 4.79 Å². The van der Waals surface area contributed by atoms with Crippen LogP contribution < -0.4 is 9.64 Å². The topological polar surface area (TPSA) is 154 Å². The van der Waals surface area contributed by atoms with Crippen LogP contribution in [0.4, 0.5) is 10.5 Å². The third-order valence-corrected chi connectivity index (χ3v) is 10.7. The summed E-state index contributed by atoms with van der Waals surface area (Å²) in [7, 11) is -0.757. The van der Waals surface area contributed by atoms with Crippen molar-refractivity contribution < 1.29 is 51.3 Å². The van der Waals surface area contributed by atoms with E-state index in [2.05, 4.69) is 4.90 Å². The second-order valence-electron chi connectivity index (χ2n) is 13.1. The molecule has 2 aliphatic rings. The van der Waals surface area contributed by atoms with Crippen molar-refractivity contribution in [2.24, 2.45) is 0 Å². The lowest BCUT2D eigenvalue weighted by Crippen LogP contribution is -2.56. The number of hydrogen-bond acceptors (Lipinski definition) is 11. The van der Waals surface area contributed by atoms with Crippen molar-refractivity contribution in [3.05, 3.63) is 88.5 Å². The molecule has 0 aromatic heterocycles. The zero-order chi connectivity index (χ0) is 37.1. The number of anilines is 1. The molecule has 0 bridgehead atoms. The Labute approximate surface area is 306 Å². The molecule has 1 saturated heterocycles. The highest BCUT2D eigenvalue weighted by Gasteiger charge is 2.46. The van der Waals surface area contributed by atoms with Gasteiger partial charge in [-0.1, -0.05) is 42.0 Å². The van der Waals surface area contributed by atoms with Crippen molar-refractivity contribution in [2.45, 2.75) is 56.0 Å². The molecule has 2 atom stereocenters. The van der Waals surface area contributed by atoms with Gasteiger partial charge in [-0.05, 0) is 66.3 Å². The summed E-state index contributed by atoms with van der Waals surface area (Å²) in [5.74, 6) is 0.779. The number of aryl methyl sites for hydroxylation is 1. The molecule has 0 unspecified atom stereocenters. The predicted octanol–water partition coefficient (Wildman–Crippen LogP) is 4.50. The highest BCUT2D eigenvalue weighted by Crippen LogP contribution is 2.39. The molecule has 0 radical (unpaired) electrons. The van der Waals surface area contributed by atoms with E-state index in [9.17, 15) is 23.4 Å². The van der Waals surface area contributed by atoms with Crippen molar-refractivity contribution >= 4 is 21.9 Å². The molecule has 14 heteroatoms. The molecule has 1 fully saturated rings. The number of ether oxygens (including phenoxy) is 5. The highest BCUT2D eigenvalue weighted by atomic mass is 32.2. The highest BCUT2D eigenvalue weighted by molar-refractivity contribution is 7.86. The monoisotopic (exact) mass is 742 g/mol. The van der Waals surface area contributed by atoms with Crippen molar-refractivity contribution in [3.8, 4) is 5.75 Å². The van der Waals surface area contributed by atoms with Gasteiger partial charge in [0.25, 0.3) is 10.1 Å². The minimum Gasteiger partial charge on any atom is -0.490 e. The number of aliphatic hydroxyl groups is 1. The normalized spacial score (nSPS) is 19.0. The second-order valence-corrected chi connectivity index (χ2v) is 14.7. The molecule has 2 N–H and O–H groups in total. The van der Waals surface area contributed by atoms with Crippen molar-refractivity contribution in [2.75, 3.05) is 78.3 Å². The Hall–Kier alpha value is -3.76. The molecule has 13 nitrogen and oxygen atoms in total. The summed E-state index contributed by atoms with van der Waals surface area (Å²) in [5, 5.41) is 22.4. The van der Waals surface area contributed by atoms with Crippen LogP contribution in [-0.4, -0.2) is 109 Å². The van der Waals surface area contributed by atoms with Gasteiger partial charge in [-0.2, -0.15) is 8.42 Å². The molecule has 3 aromatic carbocycles. The molecule has 3 aromatic rings. The maximum absolute atomic E-state index is 13.0. The zero-order valence-electron chi connectivity index (χ0n) is 30.1. The van der Waals surface area contributed by atoms with E-state index < -0.39 is 27.9 Å². The first-order chi connectivity index (χ1) is 25.0. The second kappa shape index (κ2) is 18.3. The van der Waals surface area contributed by atoms with Crippen LogP contribution in [-0.2, 0) is 58.5 Å². The standard InChI is InChI=1S/C38H50N2O11S/c1-28-5-9-32(10-6-28)52(44,45)51-19-13-31-23-29(26-48-22-21-47-3)7-11-33(31)38(43)14-16-40(37(41)42)25-36(38)50-27-30-8-12-35-34(24-30)39(17-20-49-35)15-4-18-46-2/h5-12,23-24,36,43H,4,13-22,25-27H2,1-3H3,(H,41,42)/t36-,38-/m0/s1. The minimum atomic E-state index is -4.03. The summed E-state index contributed by atoms with van der Waals surface area (Å²) in [4.78, 5) is 15.7. The Bertz CT molecular complexity index is 1740. The number of carbonyl (C=O) groups is 1. The number of likely N-dealkylation sites (tertiary alicyclic amines) is 1. The fourth-order valence-corrected chi connectivity index (χ4v) is 7.46. The molecule has 0 aliphatic carbocycles. The molecular weight excluding hydrogens is 692 g/mol. The average Bonchev–Trinajstić information content (AvgIpc) is 3.13. The van der Waals surface area contributed by atoms with Gasteiger partial charge in [0, 0.05) is 40.3 Å². The Morgan fingerprint density at radius 1 is 0.942 bits per heavy atom. The van der Waals surface area contributed by atoms with Crippen LogP contribution in [0.3, 0.4) is 0 Å². The van der Waals surface area contributed by atoms with Crippen LogP contribution in [0.25, 0.3) is 0 Å². The number of rotatable bonds is 18. The first-order valence-electron chi connectivity index (χ1n) is 17.5. The van der Waals surface area contributed by atoms with Crippen molar-refractivity contribution in [3.63, 3.8) is 0 Å². The average molecular weight is 743 g/mol. The Morgan fingerprint density at radius 3 is 2.44 bits per heavy atom. The Morgan fingerprint density at radius 2 is 1.69 bits per heavy atom. The number of piperidine rings is 1. The number of fused-ring (bicyclic) bond motifs is 1. The van der Waals surface area contributed by atoms with E-state index in [1.54, 1.807) is 32.4 Å². The van der Waals surface area contributed by atoms with Crippen LogP contribution in [0.1, 0.15) is 40.7 Å². The molecule has 284 valence electrons. The van der Waals surface area contributed by atoms with Gasteiger partial charge < -0.3 is 43.7 Å². The van der Waals surface area contributed by atoms with Gasteiger partial charge in [0.1, 0.15) is 24.1 Å². The molecule has 2 aliphatic heterocycles. The number of amides is 1. The van der Waals surface area contributed by atoms with Gasteiger partial charge in [-0.15, -0.1) is 0 Å². The van der Waals surface area contributed by atoms with Crippen LogP contribution in [0.2, 0.25) is 0 Å². The summed E-state index contributed by atoms with van der Waals surface area (Å²) >= 11 is 0. The maximum Gasteiger partial charge on any atom is 0.407 e. The number of methoxy groups -OCH3 is 2. The van der Waals surface area contributed by atoms with E-state index in [1.165, 1.54) is 17.0 Å². The summed E-state index contributed by atoms with van der Waals surface area (Å²) in [6.07, 6.45) is -0.975. The number of hydrogen-bond donors (Lipinski definition) is 2. The lowest BCUT2D eigenvalue weighted by molar-refractivity contribution is -0.152. The van der Waals surface area contributed by atoms with Crippen LogP contribution >= 0.6 is 0 Å². The molecule has 5 rings (SSSR count). The van der Waals surface area contributed by atoms with Gasteiger partial charge in [0.05, 0.1) is 56.7 Å². The third-order valence-electron chi connectivity index (χ3n) is 9.42. The molecule has 1 amide bonds. The third kappa shape index (κ3) is 10.0. The lowest BCUT2D eigenvalue weighted by atomic mass is 9.78. The quantitative estimate of drug-likeness (QED) is 0.139. The summed E-state index contributed by atoms with van der Waals surface area (Å²) in [6, 6.07) is 17.7. The summed E-state index contributed by atoms with van der Waals surface area (Å²) < 4.78 is 59.9. The Kier molecular flexibility index (Phi) is 13.9. The molecule has 2 heterocycles. The predicted molar refractivity (Wildman–Crippen MR) is 193 cm³/mol. The van der Waals surface area contributed by atoms with Crippen LogP contribution in [0, 0.1) is 6.92 Å². The molecular formula is C38H50N2O11S. The van der Waals surface area contributed by atoms with Crippen LogP contribution in [0.15, 0.2) is 65.6 Å². The van der Waals surface area contributed by atoms with Gasteiger partial charge in [-0.3, -0.25) is 4.18 Å². The zero-order valence-corrected chi connectivity index (χ0v) is 30.9. The molecule has 0 saturated carbocycles. The largest absolute Gasteiger partial charge is 0.490 e. The minimum absolute atomic E-state index is 0.0542. The fourth-order valence-electron chi connectivity index (χ4n) is 6.55. The van der Waals surface area contributed by atoms with Gasteiger partial charge >= 0.3 is 6.09 Å². The van der Waals surface area contributed by atoms with E-state index in [0.717, 1.165) is 47.6 Å². The first kappa shape index (κ1) is 39.4. The summed E-state index contributed by atoms with van der Waals surface area (Å²) in [5.41, 5.74) is 3.08. The van der Waals surface area contributed by atoms with E-state index in [1.807, 2.05) is 37.3 Å². The lowest BCUT2D eigenvalue weighted by Gasteiger charge is -2.44. The maximum atomic E-state index is 13.0. The van der Waals surface area contributed by atoms with Crippen molar-refractivity contribution in [1.82, 2.24) is 4.90 Å². The number of nitrogens with zero attached hydrogens (tertiary/aromatic N) is 2. The number of benzene rings is 3. The first-order valence-corrected chi connectivity index (χ1v) is 18.9. The SMILES string of the molecule is COCCCN1CCOc2ccc(CO[C@H]3CN(C(=O)O)CC[C@]3(O)c3ccc(COCCOC)cc3CCOS(=O)(=O)c3ccc(C)cc3)cc21. The number of carboxylic acid groups (broad SMARTS) is 1. The molecule has 52 heavy (non-hydrogen) atoms. The molecule has 0 spiro atoms. The Balaban J connectivity index is 1.40. The van der Waals surface area contributed by atoms with E-state index in [-0.39, 0.29) is 50.6 Å². The summed E-state index contributed by atoms with van der Waals surface area (Å²) in [6.45, 7) is 5.67. The van der Waals surface area contributed by atoms with E-state index in [0.29, 0.717) is 37.6 Å². The van der Waals surface area contributed by atoms with Gasteiger partial charge in [0.15, 0.2) is 0 Å². The smallest absolute Gasteiger partial charge is 0.407 e. The van der Waals surface area contributed by atoms with E-state index >= 15 is 0 Å². The van der Waals surface area contributed by atoms with Gasteiger partial charge in [0.2, 0.25) is 0 Å². The van der Waals surface area contributed by atoms with Crippen LogP contribution in [0.5, 0.6) is 5.75 Å². The fraction of sp³-hybridized carbons (Fsp3) is 0.500. The van der Waals surface area contributed by atoms with E-state index in [4.69, 9.17) is 27.9 Å².